The van der Waals surface area contributed by atoms with E-state index in [1.54, 1.807) is 0 Å². The number of hydrogen-bond donors (Lipinski definition) is 1. The molecule has 0 unspecified atom stereocenters. The monoisotopic (exact) mass is 274 g/mol. The van der Waals surface area contributed by atoms with Crippen LogP contribution in [0, 0.1) is 5.92 Å². The lowest BCUT2D eigenvalue weighted by Gasteiger charge is -2.31. The minimum Gasteiger partial charge on any atom is -0.315 e. The Morgan fingerprint density at radius 2 is 2.00 bits per heavy atom. The minimum atomic E-state index is 0.705. The van der Waals surface area contributed by atoms with Gasteiger partial charge in [0.1, 0.15) is 0 Å². The fourth-order valence-electron chi connectivity index (χ4n) is 2.95. The summed E-state index contributed by atoms with van der Waals surface area (Å²) in [5.41, 5.74) is 1.44. The summed E-state index contributed by atoms with van der Waals surface area (Å²) in [5, 5.41) is 3.61. The summed E-state index contributed by atoms with van der Waals surface area (Å²) in [6.07, 6.45) is 5.34. The van der Waals surface area contributed by atoms with Crippen molar-refractivity contribution in [3.05, 3.63) is 35.9 Å². The standard InChI is InChI=1S/C18H30N2/c1-16(2)11-13-20(15-17-8-4-3-5-9-17)18-10-6-7-12-19-14-18/h3-5,8-9,16,18-19H,6-7,10-15H2,1-2H3/t18-/m0/s1. The first-order valence-corrected chi connectivity index (χ1v) is 8.24. The van der Waals surface area contributed by atoms with Crippen LogP contribution in [-0.2, 0) is 6.54 Å². The van der Waals surface area contributed by atoms with Crippen molar-refractivity contribution in [3.8, 4) is 0 Å². The third-order valence-corrected chi connectivity index (χ3v) is 4.26. The maximum atomic E-state index is 3.61. The van der Waals surface area contributed by atoms with Gasteiger partial charge in [0.25, 0.3) is 0 Å². The van der Waals surface area contributed by atoms with Crippen molar-refractivity contribution in [2.75, 3.05) is 19.6 Å². The molecule has 2 nitrogen and oxygen atoms in total. The fourth-order valence-corrected chi connectivity index (χ4v) is 2.95. The fraction of sp³-hybridized carbons (Fsp3) is 0.667. The molecule has 0 amide bonds. The van der Waals surface area contributed by atoms with Crippen LogP contribution in [0.1, 0.15) is 45.1 Å². The lowest BCUT2D eigenvalue weighted by molar-refractivity contribution is 0.169. The van der Waals surface area contributed by atoms with Crippen LogP contribution in [0.25, 0.3) is 0 Å². The van der Waals surface area contributed by atoms with Gasteiger partial charge in [0.05, 0.1) is 0 Å². The summed E-state index contributed by atoms with van der Waals surface area (Å²) in [6, 6.07) is 11.6. The molecule has 20 heavy (non-hydrogen) atoms. The maximum Gasteiger partial charge on any atom is 0.0237 e. The number of nitrogens with zero attached hydrogens (tertiary/aromatic N) is 1. The zero-order chi connectivity index (χ0) is 14.2. The predicted octanol–water partition coefficient (Wildman–Crippen LogP) is 3.68. The van der Waals surface area contributed by atoms with Crippen molar-refractivity contribution in [2.24, 2.45) is 5.92 Å². The van der Waals surface area contributed by atoms with E-state index in [9.17, 15) is 0 Å². The van der Waals surface area contributed by atoms with E-state index >= 15 is 0 Å². The summed E-state index contributed by atoms with van der Waals surface area (Å²) < 4.78 is 0. The van der Waals surface area contributed by atoms with E-state index in [2.05, 4.69) is 54.4 Å². The highest BCUT2D eigenvalue weighted by atomic mass is 15.2. The van der Waals surface area contributed by atoms with Gasteiger partial charge in [-0.2, -0.15) is 0 Å². The number of hydrogen-bond acceptors (Lipinski definition) is 2. The Morgan fingerprint density at radius 3 is 2.75 bits per heavy atom. The maximum absolute atomic E-state index is 3.61. The third kappa shape index (κ3) is 5.26. The molecule has 0 aromatic heterocycles. The van der Waals surface area contributed by atoms with Crippen molar-refractivity contribution in [1.29, 1.82) is 0 Å². The molecule has 1 atom stereocenters. The second-order valence-electron chi connectivity index (χ2n) is 6.49. The summed E-state index contributed by atoms with van der Waals surface area (Å²) >= 11 is 0. The number of benzene rings is 1. The Labute approximate surface area is 124 Å². The summed E-state index contributed by atoms with van der Waals surface area (Å²) in [5.74, 6) is 0.784. The van der Waals surface area contributed by atoms with Gasteiger partial charge in [-0.15, -0.1) is 0 Å². The molecule has 0 aliphatic carbocycles. The second kappa shape index (κ2) is 8.43. The molecular formula is C18H30N2. The van der Waals surface area contributed by atoms with Crippen LogP contribution in [-0.4, -0.2) is 30.6 Å². The van der Waals surface area contributed by atoms with Crippen LogP contribution in [0.3, 0.4) is 0 Å². The van der Waals surface area contributed by atoms with E-state index in [-0.39, 0.29) is 0 Å². The average molecular weight is 274 g/mol. The number of rotatable bonds is 6. The molecule has 0 radical (unpaired) electrons. The molecule has 1 aliphatic heterocycles. The highest BCUT2D eigenvalue weighted by Crippen LogP contribution is 2.16. The molecule has 1 heterocycles. The summed E-state index contributed by atoms with van der Waals surface area (Å²) in [7, 11) is 0. The first-order chi connectivity index (χ1) is 9.75. The molecule has 2 heteroatoms. The van der Waals surface area contributed by atoms with Gasteiger partial charge in [0.15, 0.2) is 0 Å². The van der Waals surface area contributed by atoms with Crippen LogP contribution >= 0.6 is 0 Å². The Bertz CT molecular complexity index is 353. The Hall–Kier alpha value is -0.860. The zero-order valence-electron chi connectivity index (χ0n) is 13.1. The van der Waals surface area contributed by atoms with E-state index in [4.69, 9.17) is 0 Å². The Kier molecular flexibility index (Phi) is 6.55. The van der Waals surface area contributed by atoms with Crippen LogP contribution in [0.15, 0.2) is 30.3 Å². The van der Waals surface area contributed by atoms with Gasteiger partial charge in [-0.3, -0.25) is 4.90 Å². The van der Waals surface area contributed by atoms with Gasteiger partial charge in [0, 0.05) is 19.1 Å². The summed E-state index contributed by atoms with van der Waals surface area (Å²) in [6.45, 7) is 9.32. The molecule has 0 spiro atoms. The third-order valence-electron chi connectivity index (χ3n) is 4.26. The Morgan fingerprint density at radius 1 is 1.20 bits per heavy atom. The van der Waals surface area contributed by atoms with Crippen LogP contribution < -0.4 is 5.32 Å². The molecule has 1 aliphatic rings. The van der Waals surface area contributed by atoms with Gasteiger partial charge in [-0.05, 0) is 43.8 Å². The first-order valence-electron chi connectivity index (χ1n) is 8.24. The van der Waals surface area contributed by atoms with Gasteiger partial charge in [0.2, 0.25) is 0 Å². The molecule has 1 fully saturated rings. The predicted molar refractivity (Wildman–Crippen MR) is 86.8 cm³/mol. The van der Waals surface area contributed by atoms with Gasteiger partial charge >= 0.3 is 0 Å². The van der Waals surface area contributed by atoms with Crippen molar-refractivity contribution in [3.63, 3.8) is 0 Å². The smallest absolute Gasteiger partial charge is 0.0237 e. The van der Waals surface area contributed by atoms with Crippen molar-refractivity contribution in [2.45, 2.75) is 52.1 Å². The average Bonchev–Trinajstić information content (AvgIpc) is 2.73. The molecule has 0 saturated carbocycles. The molecule has 1 aromatic carbocycles. The van der Waals surface area contributed by atoms with E-state index in [0.717, 1.165) is 19.0 Å². The second-order valence-corrected chi connectivity index (χ2v) is 6.49. The lowest BCUT2D eigenvalue weighted by atomic mass is 10.1. The van der Waals surface area contributed by atoms with Crippen molar-refractivity contribution in [1.82, 2.24) is 10.2 Å². The molecule has 2 rings (SSSR count). The van der Waals surface area contributed by atoms with Gasteiger partial charge in [-0.1, -0.05) is 50.6 Å². The van der Waals surface area contributed by atoms with E-state index in [1.165, 1.54) is 44.3 Å². The van der Waals surface area contributed by atoms with Crippen LogP contribution in [0.4, 0.5) is 0 Å². The van der Waals surface area contributed by atoms with Gasteiger partial charge < -0.3 is 5.32 Å². The lowest BCUT2D eigenvalue weighted by Crippen LogP contribution is -2.41. The van der Waals surface area contributed by atoms with Crippen LogP contribution in [0.5, 0.6) is 0 Å². The Balaban J connectivity index is 1.98. The van der Waals surface area contributed by atoms with Crippen molar-refractivity contribution >= 4 is 0 Å². The SMILES string of the molecule is CC(C)CCN(Cc1ccccc1)[C@H]1CCCCNC1. The topological polar surface area (TPSA) is 15.3 Å². The molecular weight excluding hydrogens is 244 g/mol. The largest absolute Gasteiger partial charge is 0.315 e. The van der Waals surface area contributed by atoms with E-state index < -0.39 is 0 Å². The van der Waals surface area contributed by atoms with E-state index in [1.807, 2.05) is 0 Å². The minimum absolute atomic E-state index is 0.705. The molecule has 112 valence electrons. The molecule has 1 N–H and O–H groups in total. The van der Waals surface area contributed by atoms with Crippen molar-refractivity contribution < 1.29 is 0 Å². The molecule has 0 bridgehead atoms. The van der Waals surface area contributed by atoms with E-state index in [0.29, 0.717) is 6.04 Å². The normalized spacial score (nSPS) is 20.3. The molecule has 1 saturated heterocycles. The quantitative estimate of drug-likeness (QED) is 0.851. The van der Waals surface area contributed by atoms with Crippen LogP contribution in [0.2, 0.25) is 0 Å². The highest BCUT2D eigenvalue weighted by Gasteiger charge is 2.20. The highest BCUT2D eigenvalue weighted by molar-refractivity contribution is 5.14. The molecule has 1 aromatic rings. The number of nitrogens with one attached hydrogen (secondary N) is 1. The first kappa shape index (κ1) is 15.5. The van der Waals surface area contributed by atoms with Gasteiger partial charge in [-0.25, -0.2) is 0 Å². The zero-order valence-corrected chi connectivity index (χ0v) is 13.1. The summed E-state index contributed by atoms with van der Waals surface area (Å²) in [4.78, 5) is 2.70.